The first-order chi connectivity index (χ1) is 14.0. The normalized spacial score (nSPS) is 11.6. The number of carbonyl (C=O) groups excluding carboxylic acids is 1. The molecule has 0 saturated heterocycles. The first-order valence-corrected chi connectivity index (χ1v) is 9.30. The number of benzene rings is 2. The van der Waals surface area contributed by atoms with Gasteiger partial charge < -0.3 is 14.8 Å². The van der Waals surface area contributed by atoms with Crippen LogP contribution in [0, 0.1) is 0 Å². The summed E-state index contributed by atoms with van der Waals surface area (Å²) < 4.78 is 11.8. The van der Waals surface area contributed by atoms with E-state index < -0.39 is 6.04 Å². The Bertz CT molecular complexity index is 1040. The number of anilines is 1. The zero-order valence-electron chi connectivity index (χ0n) is 16.6. The average Bonchev–Trinajstić information content (AvgIpc) is 2.74. The number of methoxy groups -OCH3 is 1. The third-order valence-electron chi connectivity index (χ3n) is 4.37. The van der Waals surface area contributed by atoms with Crippen molar-refractivity contribution in [2.45, 2.75) is 19.9 Å². The molecular formula is C22H23N3O4. The van der Waals surface area contributed by atoms with Crippen LogP contribution in [-0.4, -0.2) is 29.4 Å². The second-order valence-electron chi connectivity index (χ2n) is 6.36. The van der Waals surface area contributed by atoms with Crippen LogP contribution in [0.15, 0.2) is 65.5 Å². The summed E-state index contributed by atoms with van der Waals surface area (Å²) in [5.74, 6) is 1.04. The maximum Gasteiger partial charge on any atom is 0.267 e. The van der Waals surface area contributed by atoms with Crippen LogP contribution in [0.4, 0.5) is 5.69 Å². The molecule has 2 aromatic carbocycles. The molecule has 7 heteroatoms. The summed E-state index contributed by atoms with van der Waals surface area (Å²) in [4.78, 5) is 25.0. The van der Waals surface area contributed by atoms with E-state index in [0.717, 1.165) is 11.3 Å². The Labute approximate surface area is 168 Å². The van der Waals surface area contributed by atoms with E-state index in [-0.39, 0.29) is 11.5 Å². The zero-order valence-corrected chi connectivity index (χ0v) is 16.6. The highest BCUT2D eigenvalue weighted by Gasteiger charge is 2.18. The predicted molar refractivity (Wildman–Crippen MR) is 111 cm³/mol. The summed E-state index contributed by atoms with van der Waals surface area (Å²) in [6, 6.07) is 16.7. The van der Waals surface area contributed by atoms with E-state index in [1.165, 1.54) is 10.7 Å². The molecule has 0 aliphatic rings. The molecule has 29 heavy (non-hydrogen) atoms. The lowest BCUT2D eigenvalue weighted by Gasteiger charge is -2.15. The topological polar surface area (TPSA) is 82.5 Å². The van der Waals surface area contributed by atoms with Crippen LogP contribution < -0.4 is 20.3 Å². The van der Waals surface area contributed by atoms with Crippen molar-refractivity contribution >= 4 is 11.6 Å². The van der Waals surface area contributed by atoms with Crippen molar-refractivity contribution in [3.63, 3.8) is 0 Å². The fourth-order valence-electron chi connectivity index (χ4n) is 2.80. The molecule has 0 saturated carbocycles. The van der Waals surface area contributed by atoms with E-state index in [2.05, 4.69) is 10.4 Å². The van der Waals surface area contributed by atoms with Crippen LogP contribution in [0.3, 0.4) is 0 Å². The number of ether oxygens (including phenoxy) is 2. The van der Waals surface area contributed by atoms with E-state index >= 15 is 0 Å². The van der Waals surface area contributed by atoms with Crippen LogP contribution in [0.5, 0.6) is 11.5 Å². The zero-order chi connectivity index (χ0) is 20.8. The van der Waals surface area contributed by atoms with Gasteiger partial charge in [-0.05, 0) is 56.3 Å². The molecular weight excluding hydrogens is 370 g/mol. The molecule has 0 aliphatic carbocycles. The second-order valence-corrected chi connectivity index (χ2v) is 6.36. The van der Waals surface area contributed by atoms with Gasteiger partial charge in [-0.15, -0.1) is 0 Å². The molecule has 0 fully saturated rings. The van der Waals surface area contributed by atoms with Crippen LogP contribution in [0.25, 0.3) is 11.3 Å². The molecule has 1 aromatic heterocycles. The quantitative estimate of drug-likeness (QED) is 0.664. The summed E-state index contributed by atoms with van der Waals surface area (Å²) in [7, 11) is 1.56. The number of carbonyl (C=O) groups is 1. The predicted octanol–water partition coefficient (Wildman–Crippen LogP) is 3.52. The van der Waals surface area contributed by atoms with Crippen LogP contribution in [-0.2, 0) is 4.79 Å². The Kier molecular flexibility index (Phi) is 6.29. The van der Waals surface area contributed by atoms with Crippen molar-refractivity contribution in [1.29, 1.82) is 0 Å². The Morgan fingerprint density at radius 2 is 1.86 bits per heavy atom. The lowest BCUT2D eigenvalue weighted by atomic mass is 10.1. The number of aromatic nitrogens is 2. The van der Waals surface area contributed by atoms with Crippen molar-refractivity contribution in [1.82, 2.24) is 9.78 Å². The molecule has 3 aromatic rings. The molecule has 1 N–H and O–H groups in total. The SMILES string of the molecule is CCOc1ccc(-c2ccc(=O)n(C(C)C(=O)Nc3cccc(OC)c3)n2)cc1. The molecule has 1 unspecified atom stereocenters. The molecule has 0 aliphatic heterocycles. The van der Waals surface area contributed by atoms with E-state index in [1.807, 2.05) is 31.2 Å². The van der Waals surface area contributed by atoms with Gasteiger partial charge in [0.25, 0.3) is 5.56 Å². The lowest BCUT2D eigenvalue weighted by molar-refractivity contribution is -0.119. The van der Waals surface area contributed by atoms with E-state index in [9.17, 15) is 9.59 Å². The summed E-state index contributed by atoms with van der Waals surface area (Å²) in [5, 5.41) is 7.18. The molecule has 1 amide bonds. The minimum atomic E-state index is -0.795. The van der Waals surface area contributed by atoms with Gasteiger partial charge >= 0.3 is 0 Å². The second kappa shape index (κ2) is 9.05. The largest absolute Gasteiger partial charge is 0.497 e. The first kappa shape index (κ1) is 20.1. The van der Waals surface area contributed by atoms with Gasteiger partial charge in [-0.25, -0.2) is 4.68 Å². The Balaban J connectivity index is 1.82. The summed E-state index contributed by atoms with van der Waals surface area (Å²) in [6.45, 7) is 4.14. The molecule has 1 atom stereocenters. The third kappa shape index (κ3) is 4.82. The summed E-state index contributed by atoms with van der Waals surface area (Å²) in [6.07, 6.45) is 0. The van der Waals surface area contributed by atoms with Crippen molar-refractivity contribution in [3.05, 3.63) is 71.0 Å². The fraction of sp³-hybridized carbons (Fsp3) is 0.227. The molecule has 0 bridgehead atoms. The lowest BCUT2D eigenvalue weighted by Crippen LogP contribution is -2.33. The fourth-order valence-corrected chi connectivity index (χ4v) is 2.80. The van der Waals surface area contributed by atoms with Crippen LogP contribution >= 0.6 is 0 Å². The number of hydrogen-bond acceptors (Lipinski definition) is 5. The Hall–Kier alpha value is -3.61. The standard InChI is InChI=1S/C22H23N3O4/c1-4-29-18-10-8-16(9-11-18)20-12-13-21(26)25(24-20)15(2)22(27)23-17-6-5-7-19(14-17)28-3/h5-15H,4H2,1-3H3,(H,23,27). The Morgan fingerprint density at radius 1 is 1.10 bits per heavy atom. The van der Waals surface area contributed by atoms with Gasteiger partial charge in [0.2, 0.25) is 5.91 Å². The maximum absolute atomic E-state index is 12.7. The Morgan fingerprint density at radius 3 is 2.55 bits per heavy atom. The van der Waals surface area contributed by atoms with Gasteiger partial charge in [0.15, 0.2) is 0 Å². The number of nitrogens with zero attached hydrogens (tertiary/aromatic N) is 2. The van der Waals surface area contributed by atoms with Crippen molar-refractivity contribution in [2.75, 3.05) is 19.0 Å². The van der Waals surface area contributed by atoms with Crippen LogP contribution in [0.2, 0.25) is 0 Å². The van der Waals surface area contributed by atoms with Gasteiger partial charge in [-0.2, -0.15) is 5.10 Å². The molecule has 150 valence electrons. The average molecular weight is 393 g/mol. The third-order valence-corrected chi connectivity index (χ3v) is 4.37. The summed E-state index contributed by atoms with van der Waals surface area (Å²) >= 11 is 0. The van der Waals surface area contributed by atoms with Gasteiger partial charge in [-0.3, -0.25) is 9.59 Å². The maximum atomic E-state index is 12.7. The van der Waals surface area contributed by atoms with Crippen molar-refractivity contribution in [2.24, 2.45) is 0 Å². The molecule has 0 spiro atoms. The van der Waals surface area contributed by atoms with E-state index in [4.69, 9.17) is 9.47 Å². The van der Waals surface area contributed by atoms with Gasteiger partial charge in [0, 0.05) is 23.4 Å². The molecule has 7 nitrogen and oxygen atoms in total. The van der Waals surface area contributed by atoms with E-state index in [0.29, 0.717) is 23.7 Å². The monoisotopic (exact) mass is 393 g/mol. The van der Waals surface area contributed by atoms with Crippen molar-refractivity contribution in [3.8, 4) is 22.8 Å². The van der Waals surface area contributed by atoms with Gasteiger partial charge in [0.05, 0.1) is 19.4 Å². The molecule has 1 heterocycles. The molecule has 3 rings (SSSR count). The minimum Gasteiger partial charge on any atom is -0.497 e. The number of rotatable bonds is 7. The highest BCUT2D eigenvalue weighted by Crippen LogP contribution is 2.21. The van der Waals surface area contributed by atoms with Gasteiger partial charge in [0.1, 0.15) is 17.5 Å². The smallest absolute Gasteiger partial charge is 0.267 e. The van der Waals surface area contributed by atoms with Crippen LogP contribution in [0.1, 0.15) is 19.9 Å². The highest BCUT2D eigenvalue weighted by molar-refractivity contribution is 5.93. The van der Waals surface area contributed by atoms with Crippen molar-refractivity contribution < 1.29 is 14.3 Å². The van der Waals surface area contributed by atoms with Gasteiger partial charge in [-0.1, -0.05) is 6.07 Å². The number of amides is 1. The number of hydrogen-bond donors (Lipinski definition) is 1. The number of nitrogens with one attached hydrogen (secondary N) is 1. The highest BCUT2D eigenvalue weighted by atomic mass is 16.5. The molecule has 0 radical (unpaired) electrons. The minimum absolute atomic E-state index is 0.350. The van der Waals surface area contributed by atoms with E-state index in [1.54, 1.807) is 44.4 Å². The first-order valence-electron chi connectivity index (χ1n) is 9.30. The summed E-state index contributed by atoms with van der Waals surface area (Å²) in [5.41, 5.74) is 1.64.